The van der Waals surface area contributed by atoms with Gasteiger partial charge < -0.3 is 10.3 Å². The number of benzene rings is 1. The molecular weight excluding hydrogens is 314 g/mol. The molecule has 0 radical (unpaired) electrons. The van der Waals surface area contributed by atoms with E-state index in [2.05, 4.69) is 38.2 Å². The summed E-state index contributed by atoms with van der Waals surface area (Å²) in [6.45, 7) is 2.49. The Morgan fingerprint density at radius 2 is 2.11 bits per heavy atom. The average molecular weight is 328 g/mol. The molecule has 0 aliphatic carbocycles. The van der Waals surface area contributed by atoms with Crippen LogP contribution in [0.4, 0.5) is 0 Å². The molecule has 18 heavy (non-hydrogen) atoms. The third kappa shape index (κ3) is 3.57. The van der Waals surface area contributed by atoms with Gasteiger partial charge in [0, 0.05) is 21.8 Å². The van der Waals surface area contributed by atoms with Crippen molar-refractivity contribution in [3.05, 3.63) is 40.5 Å². The van der Waals surface area contributed by atoms with Crippen molar-refractivity contribution in [3.8, 4) is 0 Å². The maximum absolute atomic E-state index is 5.56. The number of nitrogens with two attached hydrogens (primary N) is 1. The number of rotatable bonds is 5. The van der Waals surface area contributed by atoms with Crippen LogP contribution in [-0.4, -0.2) is 16.7 Å². The summed E-state index contributed by atoms with van der Waals surface area (Å²) in [5.41, 5.74) is 5.56. The molecule has 4 nitrogen and oxygen atoms in total. The number of aromatic nitrogens is 2. The highest BCUT2D eigenvalue weighted by Crippen LogP contribution is 2.23. The van der Waals surface area contributed by atoms with E-state index in [1.54, 1.807) is 11.8 Å². The normalized spacial score (nSPS) is 12.6. The summed E-state index contributed by atoms with van der Waals surface area (Å²) in [5.74, 6) is 2.13. The van der Waals surface area contributed by atoms with Crippen LogP contribution in [-0.2, 0) is 5.75 Å². The predicted molar refractivity (Wildman–Crippen MR) is 75.5 cm³/mol. The van der Waals surface area contributed by atoms with E-state index in [0.29, 0.717) is 24.0 Å². The van der Waals surface area contributed by atoms with Crippen LogP contribution in [0.2, 0.25) is 0 Å². The van der Waals surface area contributed by atoms with E-state index in [4.69, 9.17) is 10.3 Å². The van der Waals surface area contributed by atoms with Crippen molar-refractivity contribution in [2.45, 2.75) is 23.5 Å². The summed E-state index contributed by atoms with van der Waals surface area (Å²) in [5, 5.41) is 3.95. The first-order valence-electron chi connectivity index (χ1n) is 5.60. The second-order valence-electron chi connectivity index (χ2n) is 3.93. The van der Waals surface area contributed by atoms with Crippen LogP contribution >= 0.6 is 27.7 Å². The minimum atomic E-state index is 0.115. The molecule has 1 atom stereocenters. The molecule has 0 saturated heterocycles. The Kier molecular flexibility index (Phi) is 4.79. The Hall–Kier alpha value is -0.850. The van der Waals surface area contributed by atoms with Crippen molar-refractivity contribution < 1.29 is 4.52 Å². The molecule has 2 aromatic rings. The van der Waals surface area contributed by atoms with Gasteiger partial charge in [0.15, 0.2) is 5.82 Å². The SMILES string of the molecule is CC(CN)c1nc(CSc2ccc(Br)cc2)no1. The lowest BCUT2D eigenvalue weighted by molar-refractivity contribution is 0.358. The van der Waals surface area contributed by atoms with Gasteiger partial charge in [-0.3, -0.25) is 0 Å². The smallest absolute Gasteiger partial charge is 0.230 e. The molecule has 0 fully saturated rings. The lowest BCUT2D eigenvalue weighted by atomic mass is 10.2. The van der Waals surface area contributed by atoms with Crippen LogP contribution < -0.4 is 5.73 Å². The van der Waals surface area contributed by atoms with Crippen molar-refractivity contribution in [1.82, 2.24) is 10.1 Å². The number of thioether (sulfide) groups is 1. The molecule has 1 aromatic heterocycles. The lowest BCUT2D eigenvalue weighted by Gasteiger charge is -1.99. The second kappa shape index (κ2) is 6.36. The molecule has 6 heteroatoms. The maximum atomic E-state index is 5.56. The van der Waals surface area contributed by atoms with Crippen LogP contribution in [0.15, 0.2) is 38.2 Å². The molecule has 0 aliphatic rings. The molecule has 2 N–H and O–H groups in total. The van der Waals surface area contributed by atoms with Gasteiger partial charge in [0.2, 0.25) is 5.89 Å². The lowest BCUT2D eigenvalue weighted by Crippen LogP contribution is -2.09. The van der Waals surface area contributed by atoms with Crippen molar-refractivity contribution in [3.63, 3.8) is 0 Å². The zero-order chi connectivity index (χ0) is 13.0. The fourth-order valence-corrected chi connectivity index (χ4v) is 2.31. The monoisotopic (exact) mass is 327 g/mol. The van der Waals surface area contributed by atoms with Crippen LogP contribution in [0.1, 0.15) is 24.6 Å². The quantitative estimate of drug-likeness (QED) is 0.854. The van der Waals surface area contributed by atoms with E-state index in [1.807, 2.05) is 19.1 Å². The molecule has 0 bridgehead atoms. The van der Waals surface area contributed by atoms with E-state index >= 15 is 0 Å². The first kappa shape index (κ1) is 13.6. The Labute approximate surface area is 118 Å². The fraction of sp³-hybridized carbons (Fsp3) is 0.333. The van der Waals surface area contributed by atoms with Gasteiger partial charge in [-0.05, 0) is 24.3 Å². The summed E-state index contributed by atoms with van der Waals surface area (Å²) in [6.07, 6.45) is 0. The Balaban J connectivity index is 1.94. The van der Waals surface area contributed by atoms with Gasteiger partial charge in [0.1, 0.15) is 0 Å². The minimum Gasteiger partial charge on any atom is -0.339 e. The highest BCUT2D eigenvalue weighted by Gasteiger charge is 2.12. The standard InChI is InChI=1S/C12H14BrN3OS/c1-8(6-14)12-15-11(16-17-12)7-18-10-4-2-9(13)3-5-10/h2-5,8H,6-7,14H2,1H3. The highest BCUT2D eigenvalue weighted by atomic mass is 79.9. The minimum absolute atomic E-state index is 0.115. The third-order valence-corrected chi connectivity index (χ3v) is 3.98. The number of hydrogen-bond acceptors (Lipinski definition) is 5. The zero-order valence-corrected chi connectivity index (χ0v) is 12.4. The van der Waals surface area contributed by atoms with Crippen molar-refractivity contribution in [1.29, 1.82) is 0 Å². The number of hydrogen-bond donors (Lipinski definition) is 1. The first-order valence-corrected chi connectivity index (χ1v) is 7.38. The van der Waals surface area contributed by atoms with Gasteiger partial charge in [-0.15, -0.1) is 11.8 Å². The van der Waals surface area contributed by atoms with Crippen molar-refractivity contribution >= 4 is 27.7 Å². The van der Waals surface area contributed by atoms with E-state index in [0.717, 1.165) is 4.47 Å². The zero-order valence-electron chi connectivity index (χ0n) is 9.97. The summed E-state index contributed by atoms with van der Waals surface area (Å²) < 4.78 is 6.24. The van der Waals surface area contributed by atoms with E-state index in [1.165, 1.54) is 4.90 Å². The molecule has 2 rings (SSSR count). The molecule has 0 saturated carbocycles. The largest absolute Gasteiger partial charge is 0.339 e. The molecule has 1 heterocycles. The van der Waals surface area contributed by atoms with E-state index in [-0.39, 0.29) is 5.92 Å². The maximum Gasteiger partial charge on any atom is 0.230 e. The van der Waals surface area contributed by atoms with E-state index < -0.39 is 0 Å². The summed E-state index contributed by atoms with van der Waals surface area (Å²) in [6, 6.07) is 8.14. The van der Waals surface area contributed by atoms with Gasteiger partial charge in [0.25, 0.3) is 0 Å². The van der Waals surface area contributed by atoms with Crippen molar-refractivity contribution in [2.24, 2.45) is 5.73 Å². The summed E-state index contributed by atoms with van der Waals surface area (Å²) >= 11 is 5.09. The Morgan fingerprint density at radius 3 is 2.78 bits per heavy atom. The topological polar surface area (TPSA) is 64.9 Å². The predicted octanol–water partition coefficient (Wildman–Crippen LogP) is 3.19. The molecule has 96 valence electrons. The molecule has 0 amide bonds. The van der Waals surface area contributed by atoms with Gasteiger partial charge in [-0.1, -0.05) is 28.0 Å². The highest BCUT2D eigenvalue weighted by molar-refractivity contribution is 9.10. The van der Waals surface area contributed by atoms with Crippen LogP contribution in [0.5, 0.6) is 0 Å². The average Bonchev–Trinajstić information content (AvgIpc) is 2.86. The number of nitrogens with zero attached hydrogens (tertiary/aromatic N) is 2. The van der Waals surface area contributed by atoms with Crippen LogP contribution in [0.3, 0.4) is 0 Å². The summed E-state index contributed by atoms with van der Waals surface area (Å²) in [7, 11) is 0. The first-order chi connectivity index (χ1) is 8.69. The molecule has 1 aromatic carbocycles. The second-order valence-corrected chi connectivity index (χ2v) is 5.89. The van der Waals surface area contributed by atoms with Gasteiger partial charge in [-0.2, -0.15) is 4.98 Å². The van der Waals surface area contributed by atoms with Gasteiger partial charge in [0.05, 0.1) is 5.75 Å². The van der Waals surface area contributed by atoms with Crippen LogP contribution in [0, 0.1) is 0 Å². The van der Waals surface area contributed by atoms with E-state index in [9.17, 15) is 0 Å². The Bertz CT molecular complexity index is 500. The number of halogens is 1. The molecule has 0 aliphatic heterocycles. The summed E-state index contributed by atoms with van der Waals surface area (Å²) in [4.78, 5) is 5.50. The molecule has 1 unspecified atom stereocenters. The molecular formula is C12H14BrN3OS. The van der Waals surface area contributed by atoms with Crippen LogP contribution in [0.25, 0.3) is 0 Å². The fourth-order valence-electron chi connectivity index (χ4n) is 1.31. The van der Waals surface area contributed by atoms with Crippen molar-refractivity contribution in [2.75, 3.05) is 6.54 Å². The Morgan fingerprint density at radius 1 is 1.39 bits per heavy atom. The molecule has 0 spiro atoms. The van der Waals surface area contributed by atoms with Gasteiger partial charge in [-0.25, -0.2) is 0 Å². The van der Waals surface area contributed by atoms with Gasteiger partial charge >= 0.3 is 0 Å². The third-order valence-electron chi connectivity index (χ3n) is 2.44.